The van der Waals surface area contributed by atoms with Crippen LogP contribution in [0.5, 0.6) is 17.2 Å². The molecule has 0 spiro atoms. The molecule has 8 nitrogen and oxygen atoms in total. The summed E-state index contributed by atoms with van der Waals surface area (Å²) in [6.45, 7) is 1.72. The second-order valence-electron chi connectivity index (χ2n) is 8.60. The average Bonchev–Trinajstić information content (AvgIpc) is 2.95. The lowest BCUT2D eigenvalue weighted by molar-refractivity contribution is -0.139. The molecule has 0 radical (unpaired) electrons. The molecule has 2 N–H and O–H groups in total. The molecule has 0 aliphatic rings. The molecule has 0 heterocycles. The first kappa shape index (κ1) is 28.4. The van der Waals surface area contributed by atoms with Crippen LogP contribution in [-0.4, -0.2) is 35.8 Å². The number of benzene rings is 4. The molecule has 1 atom stereocenters. The standard InChI is InChI=1S/C31H26BrNO7/c1-2-38-31(37)40-28-17-16-22(32)19-25(28)29(34)33-26(30(35)36)18-20-12-14-21(15-13-20)24-10-6-7-11-27(24)39-23-8-4-3-5-9-23/h3-17,19,26H,2,18H2,1H3,(H,33,34)(H,35,36)/t26-/m0/s1. The van der Waals surface area contributed by atoms with Crippen molar-refractivity contribution in [3.8, 4) is 28.4 Å². The van der Waals surface area contributed by atoms with Gasteiger partial charge in [0.2, 0.25) is 0 Å². The maximum absolute atomic E-state index is 13.0. The van der Waals surface area contributed by atoms with E-state index in [9.17, 15) is 19.5 Å². The quantitative estimate of drug-likeness (QED) is 0.150. The fourth-order valence-electron chi connectivity index (χ4n) is 3.91. The third-order valence-corrected chi connectivity index (χ3v) is 6.30. The van der Waals surface area contributed by atoms with Gasteiger partial charge in [0, 0.05) is 16.5 Å². The van der Waals surface area contributed by atoms with Crippen molar-refractivity contribution in [1.29, 1.82) is 0 Å². The number of hydrogen-bond donors (Lipinski definition) is 2. The van der Waals surface area contributed by atoms with Crippen molar-refractivity contribution in [1.82, 2.24) is 5.32 Å². The Bertz CT molecular complexity index is 1490. The van der Waals surface area contributed by atoms with Crippen LogP contribution in [-0.2, 0) is 16.0 Å². The number of para-hydroxylation sites is 2. The van der Waals surface area contributed by atoms with Crippen LogP contribution in [0.2, 0.25) is 0 Å². The normalized spacial score (nSPS) is 11.2. The molecular formula is C31H26BrNO7. The van der Waals surface area contributed by atoms with E-state index in [1.54, 1.807) is 13.0 Å². The van der Waals surface area contributed by atoms with Gasteiger partial charge >= 0.3 is 12.1 Å². The zero-order valence-corrected chi connectivity index (χ0v) is 23.1. The topological polar surface area (TPSA) is 111 Å². The number of carbonyl (C=O) groups is 3. The van der Waals surface area contributed by atoms with Gasteiger partial charge in [-0.2, -0.15) is 0 Å². The summed E-state index contributed by atoms with van der Waals surface area (Å²) in [6, 6.07) is 27.7. The van der Waals surface area contributed by atoms with E-state index in [4.69, 9.17) is 14.2 Å². The van der Waals surface area contributed by atoms with E-state index in [1.807, 2.05) is 78.9 Å². The molecule has 0 aromatic heterocycles. The van der Waals surface area contributed by atoms with Gasteiger partial charge in [-0.15, -0.1) is 0 Å². The largest absolute Gasteiger partial charge is 0.513 e. The smallest absolute Gasteiger partial charge is 0.480 e. The maximum Gasteiger partial charge on any atom is 0.513 e. The Morgan fingerprint density at radius 3 is 2.27 bits per heavy atom. The highest BCUT2D eigenvalue weighted by atomic mass is 79.9. The molecule has 4 rings (SSSR count). The molecule has 0 aliphatic carbocycles. The van der Waals surface area contributed by atoms with E-state index in [2.05, 4.69) is 21.2 Å². The highest BCUT2D eigenvalue weighted by molar-refractivity contribution is 9.10. The molecule has 1 amide bonds. The van der Waals surface area contributed by atoms with Crippen molar-refractivity contribution in [2.75, 3.05) is 6.61 Å². The number of nitrogens with one attached hydrogen (secondary N) is 1. The number of ether oxygens (including phenoxy) is 3. The SMILES string of the molecule is CCOC(=O)Oc1ccc(Br)cc1C(=O)N[C@@H](Cc1ccc(-c2ccccc2Oc2ccccc2)cc1)C(=O)O. The van der Waals surface area contributed by atoms with Crippen LogP contribution in [0.15, 0.2) is 102 Å². The lowest BCUT2D eigenvalue weighted by atomic mass is 9.99. The predicted octanol–water partition coefficient (Wildman–Crippen LogP) is 6.87. The fraction of sp³-hybridized carbons (Fsp3) is 0.129. The van der Waals surface area contributed by atoms with E-state index in [0.717, 1.165) is 11.1 Å². The molecule has 0 saturated carbocycles. The second kappa shape index (κ2) is 13.4. The molecule has 0 bridgehead atoms. The summed E-state index contributed by atoms with van der Waals surface area (Å²) in [5, 5.41) is 12.4. The minimum atomic E-state index is -1.23. The summed E-state index contributed by atoms with van der Waals surface area (Å²) in [7, 11) is 0. The first-order valence-corrected chi connectivity index (χ1v) is 13.2. The van der Waals surface area contributed by atoms with Gasteiger partial charge in [-0.25, -0.2) is 9.59 Å². The van der Waals surface area contributed by atoms with Crippen LogP contribution in [0.4, 0.5) is 4.79 Å². The Kier molecular flexibility index (Phi) is 9.53. The molecule has 0 fully saturated rings. The molecule has 0 aliphatic heterocycles. The van der Waals surface area contributed by atoms with Crippen molar-refractivity contribution in [2.24, 2.45) is 0 Å². The Morgan fingerprint density at radius 2 is 1.57 bits per heavy atom. The van der Waals surface area contributed by atoms with Crippen LogP contribution < -0.4 is 14.8 Å². The number of carboxylic acid groups (broad SMARTS) is 1. The van der Waals surface area contributed by atoms with Crippen molar-refractivity contribution in [3.63, 3.8) is 0 Å². The number of aliphatic carboxylic acids is 1. The fourth-order valence-corrected chi connectivity index (χ4v) is 4.27. The maximum atomic E-state index is 13.0. The van der Waals surface area contributed by atoms with E-state index < -0.39 is 24.1 Å². The molecule has 4 aromatic carbocycles. The van der Waals surface area contributed by atoms with Crippen molar-refractivity contribution >= 4 is 34.0 Å². The summed E-state index contributed by atoms with van der Waals surface area (Å²) in [6.07, 6.45) is -0.935. The number of hydrogen-bond acceptors (Lipinski definition) is 6. The zero-order valence-electron chi connectivity index (χ0n) is 21.5. The van der Waals surface area contributed by atoms with Crippen LogP contribution in [0.3, 0.4) is 0 Å². The Labute approximate surface area is 239 Å². The minimum absolute atomic E-state index is 0.0148. The first-order valence-electron chi connectivity index (χ1n) is 12.4. The monoisotopic (exact) mass is 603 g/mol. The third kappa shape index (κ3) is 7.48. The van der Waals surface area contributed by atoms with Gasteiger partial charge in [0.25, 0.3) is 5.91 Å². The lowest BCUT2D eigenvalue weighted by Gasteiger charge is -2.17. The van der Waals surface area contributed by atoms with Gasteiger partial charge in [0.1, 0.15) is 23.3 Å². The van der Waals surface area contributed by atoms with Crippen molar-refractivity contribution in [2.45, 2.75) is 19.4 Å². The number of halogens is 1. The Morgan fingerprint density at radius 1 is 0.875 bits per heavy atom. The number of carbonyl (C=O) groups excluding carboxylic acids is 2. The number of amides is 1. The predicted molar refractivity (Wildman–Crippen MR) is 153 cm³/mol. The van der Waals surface area contributed by atoms with Gasteiger partial charge in [0.05, 0.1) is 12.2 Å². The molecule has 0 unspecified atom stereocenters. The zero-order chi connectivity index (χ0) is 28.5. The van der Waals surface area contributed by atoms with Crippen LogP contribution >= 0.6 is 15.9 Å². The Hall–Kier alpha value is -4.63. The summed E-state index contributed by atoms with van der Waals surface area (Å²) in [5.41, 5.74) is 2.46. The summed E-state index contributed by atoms with van der Waals surface area (Å²) >= 11 is 3.28. The summed E-state index contributed by atoms with van der Waals surface area (Å²) < 4.78 is 16.5. The van der Waals surface area contributed by atoms with Gasteiger partial charge in [-0.05, 0) is 54.4 Å². The molecular weight excluding hydrogens is 578 g/mol. The van der Waals surface area contributed by atoms with Gasteiger partial charge in [-0.3, -0.25) is 4.79 Å². The van der Waals surface area contributed by atoms with Gasteiger partial charge < -0.3 is 24.6 Å². The first-order chi connectivity index (χ1) is 19.3. The van der Waals surface area contributed by atoms with E-state index in [1.165, 1.54) is 12.1 Å². The van der Waals surface area contributed by atoms with Gasteiger partial charge in [-0.1, -0.05) is 76.6 Å². The highest BCUT2D eigenvalue weighted by Crippen LogP contribution is 2.33. The average molecular weight is 604 g/mol. The third-order valence-electron chi connectivity index (χ3n) is 5.81. The number of carboxylic acids is 1. The van der Waals surface area contributed by atoms with Crippen LogP contribution in [0.25, 0.3) is 11.1 Å². The summed E-state index contributed by atoms with van der Waals surface area (Å²) in [5.74, 6) is -0.567. The van der Waals surface area contributed by atoms with E-state index >= 15 is 0 Å². The Balaban J connectivity index is 1.49. The minimum Gasteiger partial charge on any atom is -0.480 e. The number of rotatable bonds is 10. The van der Waals surface area contributed by atoms with Crippen molar-refractivity contribution < 1.29 is 33.7 Å². The highest BCUT2D eigenvalue weighted by Gasteiger charge is 2.24. The van der Waals surface area contributed by atoms with Crippen molar-refractivity contribution in [3.05, 3.63) is 113 Å². The second-order valence-corrected chi connectivity index (χ2v) is 9.52. The molecule has 0 saturated heterocycles. The van der Waals surface area contributed by atoms with Crippen LogP contribution in [0.1, 0.15) is 22.8 Å². The molecule has 40 heavy (non-hydrogen) atoms. The lowest BCUT2D eigenvalue weighted by Crippen LogP contribution is -2.42. The molecule has 9 heteroatoms. The summed E-state index contributed by atoms with van der Waals surface area (Å²) in [4.78, 5) is 36.9. The van der Waals surface area contributed by atoms with E-state index in [-0.39, 0.29) is 24.3 Å². The van der Waals surface area contributed by atoms with Gasteiger partial charge in [0.15, 0.2) is 0 Å². The van der Waals surface area contributed by atoms with E-state index in [0.29, 0.717) is 21.5 Å². The van der Waals surface area contributed by atoms with Crippen LogP contribution in [0, 0.1) is 0 Å². The molecule has 204 valence electrons. The molecule has 4 aromatic rings.